The molecular formula is C10H18OSi. The van der Waals surface area contributed by atoms with Crippen LogP contribution in [-0.4, -0.2) is 13.9 Å². The first-order chi connectivity index (χ1) is 5.39. The van der Waals surface area contributed by atoms with Crippen LogP contribution in [0.2, 0.25) is 25.2 Å². The van der Waals surface area contributed by atoms with Crippen LogP contribution in [0.15, 0.2) is 11.6 Å². The first-order valence-electron chi connectivity index (χ1n) is 4.59. The fraction of sp³-hybridized carbons (Fsp3) is 0.700. The van der Waals surface area contributed by atoms with Gasteiger partial charge in [0.25, 0.3) is 0 Å². The van der Waals surface area contributed by atoms with Gasteiger partial charge in [0.1, 0.15) is 0 Å². The van der Waals surface area contributed by atoms with E-state index in [4.69, 9.17) is 0 Å². The van der Waals surface area contributed by atoms with E-state index in [0.717, 1.165) is 12.8 Å². The van der Waals surface area contributed by atoms with Gasteiger partial charge in [0.05, 0.1) is 0 Å². The Bertz CT molecular complexity index is 222. The van der Waals surface area contributed by atoms with Crippen molar-refractivity contribution in [2.75, 3.05) is 0 Å². The fourth-order valence-corrected chi connectivity index (χ4v) is 3.46. The summed E-state index contributed by atoms with van der Waals surface area (Å²) < 4.78 is 0. The molecule has 0 aromatic carbocycles. The lowest BCUT2D eigenvalue weighted by atomic mass is 9.99. The van der Waals surface area contributed by atoms with Gasteiger partial charge in [-0.1, -0.05) is 25.2 Å². The summed E-state index contributed by atoms with van der Waals surface area (Å²) in [5.41, 5.74) is 1.95. The molecule has 1 aliphatic rings. The number of allylic oxidation sites excluding steroid dienone is 2. The highest BCUT2D eigenvalue weighted by Crippen LogP contribution is 2.35. The van der Waals surface area contributed by atoms with Crippen LogP contribution < -0.4 is 0 Å². The molecule has 1 rings (SSSR count). The largest absolute Gasteiger partial charge is 0.295 e. The molecule has 1 atom stereocenters. The second kappa shape index (κ2) is 3.17. The van der Waals surface area contributed by atoms with Crippen LogP contribution in [0.3, 0.4) is 0 Å². The van der Waals surface area contributed by atoms with Crippen LogP contribution >= 0.6 is 0 Å². The Morgan fingerprint density at radius 2 is 1.92 bits per heavy atom. The topological polar surface area (TPSA) is 17.1 Å². The van der Waals surface area contributed by atoms with Crippen molar-refractivity contribution in [2.45, 2.75) is 44.9 Å². The zero-order chi connectivity index (χ0) is 9.35. The van der Waals surface area contributed by atoms with Crippen molar-refractivity contribution in [3.63, 3.8) is 0 Å². The maximum absolute atomic E-state index is 11.3. The van der Waals surface area contributed by atoms with Gasteiger partial charge in [0.15, 0.2) is 5.78 Å². The highest BCUT2D eigenvalue weighted by Gasteiger charge is 2.30. The van der Waals surface area contributed by atoms with Crippen LogP contribution in [0.25, 0.3) is 0 Å². The molecule has 0 amide bonds. The maximum Gasteiger partial charge on any atom is 0.155 e. The molecule has 0 saturated carbocycles. The number of ketones is 1. The first-order valence-corrected chi connectivity index (χ1v) is 8.17. The van der Waals surface area contributed by atoms with Gasteiger partial charge in [-0.25, -0.2) is 0 Å². The summed E-state index contributed by atoms with van der Waals surface area (Å²) >= 11 is 0. The summed E-state index contributed by atoms with van der Waals surface area (Å²) in [4.78, 5) is 11.3. The van der Waals surface area contributed by atoms with E-state index in [1.165, 1.54) is 5.57 Å². The van der Waals surface area contributed by atoms with Crippen molar-refractivity contribution in [3.05, 3.63) is 11.6 Å². The molecule has 0 N–H and O–H groups in total. The minimum absolute atomic E-state index is 0.339. The summed E-state index contributed by atoms with van der Waals surface area (Å²) in [5.74, 6) is 0.339. The summed E-state index contributed by atoms with van der Waals surface area (Å²) in [6.45, 7) is 9.13. The molecule has 0 bridgehead atoms. The van der Waals surface area contributed by atoms with Crippen molar-refractivity contribution in [1.29, 1.82) is 0 Å². The SMILES string of the molecule is CC1=CC(=O)C[C@@H]([Si](C)(C)C)C1. The normalized spacial score (nSPS) is 25.5. The Kier molecular flexibility index (Phi) is 2.57. The van der Waals surface area contributed by atoms with E-state index in [-0.39, 0.29) is 0 Å². The van der Waals surface area contributed by atoms with Crippen LogP contribution in [0.1, 0.15) is 19.8 Å². The lowest BCUT2D eigenvalue weighted by molar-refractivity contribution is -0.115. The second-order valence-corrected chi connectivity index (χ2v) is 10.5. The molecule has 0 saturated heterocycles. The minimum Gasteiger partial charge on any atom is -0.295 e. The van der Waals surface area contributed by atoms with E-state index in [0.29, 0.717) is 11.3 Å². The number of hydrogen-bond acceptors (Lipinski definition) is 1. The molecule has 0 fully saturated rings. The van der Waals surface area contributed by atoms with Crippen LogP contribution in [0.5, 0.6) is 0 Å². The molecule has 0 aliphatic heterocycles. The molecule has 0 unspecified atom stereocenters. The molecule has 0 aromatic heterocycles. The van der Waals surface area contributed by atoms with Gasteiger partial charge in [-0.3, -0.25) is 4.79 Å². The van der Waals surface area contributed by atoms with Gasteiger partial charge in [0, 0.05) is 14.5 Å². The van der Waals surface area contributed by atoms with Gasteiger partial charge in [-0.05, 0) is 25.0 Å². The van der Waals surface area contributed by atoms with Crippen LogP contribution in [0.4, 0.5) is 0 Å². The maximum atomic E-state index is 11.3. The average Bonchev–Trinajstić information content (AvgIpc) is 1.82. The predicted octanol–water partition coefficient (Wildman–Crippen LogP) is 3.00. The number of carbonyl (C=O) groups excluding carboxylic acids is 1. The molecule has 1 nitrogen and oxygen atoms in total. The summed E-state index contributed by atoms with van der Waals surface area (Å²) in [6, 6.07) is 0. The molecule has 68 valence electrons. The van der Waals surface area contributed by atoms with Crippen molar-refractivity contribution < 1.29 is 4.79 Å². The fourth-order valence-electron chi connectivity index (χ4n) is 1.71. The van der Waals surface area contributed by atoms with Crippen molar-refractivity contribution in [2.24, 2.45) is 0 Å². The van der Waals surface area contributed by atoms with Gasteiger partial charge in [-0.2, -0.15) is 0 Å². The van der Waals surface area contributed by atoms with E-state index in [1.807, 2.05) is 6.08 Å². The first kappa shape index (κ1) is 9.71. The van der Waals surface area contributed by atoms with E-state index in [9.17, 15) is 4.79 Å². The molecule has 0 radical (unpaired) electrons. The third-order valence-electron chi connectivity index (χ3n) is 2.65. The van der Waals surface area contributed by atoms with Crippen molar-refractivity contribution in [1.82, 2.24) is 0 Å². The van der Waals surface area contributed by atoms with Crippen molar-refractivity contribution in [3.8, 4) is 0 Å². The molecule has 2 heteroatoms. The Balaban J connectivity index is 2.74. The highest BCUT2D eigenvalue weighted by atomic mass is 28.3. The second-order valence-electron chi connectivity index (χ2n) is 4.93. The summed E-state index contributed by atoms with van der Waals surface area (Å²) in [6.07, 6.45) is 3.77. The van der Waals surface area contributed by atoms with Crippen molar-refractivity contribution >= 4 is 13.9 Å². The lowest BCUT2D eigenvalue weighted by Gasteiger charge is -2.30. The van der Waals surface area contributed by atoms with Crippen LogP contribution in [0, 0.1) is 0 Å². The Morgan fingerprint density at radius 1 is 1.33 bits per heavy atom. The average molecular weight is 182 g/mol. The molecule has 0 aromatic rings. The van der Waals surface area contributed by atoms with E-state index < -0.39 is 8.07 Å². The minimum atomic E-state index is -1.10. The monoisotopic (exact) mass is 182 g/mol. The van der Waals surface area contributed by atoms with Gasteiger partial charge >= 0.3 is 0 Å². The molecular weight excluding hydrogens is 164 g/mol. The van der Waals surface area contributed by atoms with Crippen LogP contribution in [-0.2, 0) is 4.79 Å². The third kappa shape index (κ3) is 2.31. The molecule has 0 spiro atoms. The number of rotatable bonds is 1. The molecule has 0 heterocycles. The zero-order valence-corrected chi connectivity index (χ0v) is 9.48. The molecule has 1 aliphatic carbocycles. The molecule has 12 heavy (non-hydrogen) atoms. The lowest BCUT2D eigenvalue weighted by Crippen LogP contribution is -2.31. The Labute approximate surface area is 75.9 Å². The van der Waals surface area contributed by atoms with Gasteiger partial charge in [-0.15, -0.1) is 0 Å². The summed E-state index contributed by atoms with van der Waals surface area (Å²) in [5, 5.41) is 0. The third-order valence-corrected chi connectivity index (χ3v) is 5.51. The van der Waals surface area contributed by atoms with Gasteiger partial charge in [0.2, 0.25) is 0 Å². The quantitative estimate of drug-likeness (QED) is 0.570. The Morgan fingerprint density at radius 3 is 2.33 bits per heavy atom. The Hall–Kier alpha value is -0.373. The standard InChI is InChI=1S/C10H18OSi/c1-8-5-9(11)7-10(6-8)12(2,3)4/h5,10H,6-7H2,1-4H3/t10-/m0/s1. The number of carbonyl (C=O) groups is 1. The van der Waals surface area contributed by atoms with E-state index >= 15 is 0 Å². The zero-order valence-electron chi connectivity index (χ0n) is 8.48. The van der Waals surface area contributed by atoms with Gasteiger partial charge < -0.3 is 0 Å². The highest BCUT2D eigenvalue weighted by molar-refractivity contribution is 6.77. The predicted molar refractivity (Wildman–Crippen MR) is 55.1 cm³/mol. The summed E-state index contributed by atoms with van der Waals surface area (Å²) in [7, 11) is -1.10. The number of hydrogen-bond donors (Lipinski definition) is 0. The smallest absolute Gasteiger partial charge is 0.155 e. The van der Waals surface area contributed by atoms with E-state index in [1.54, 1.807) is 0 Å². The van der Waals surface area contributed by atoms with E-state index in [2.05, 4.69) is 26.6 Å².